The van der Waals surface area contributed by atoms with Gasteiger partial charge in [-0.2, -0.15) is 0 Å². The first-order valence-electron chi connectivity index (χ1n) is 5.94. The number of methoxy groups -OCH3 is 1. The average molecular weight is 266 g/mol. The van der Waals surface area contributed by atoms with E-state index in [-0.39, 0.29) is 17.8 Å². The predicted octanol–water partition coefficient (Wildman–Crippen LogP) is 3.09. The third kappa shape index (κ3) is 2.95. The lowest BCUT2D eigenvalue weighted by Gasteiger charge is -2.32. The van der Waals surface area contributed by atoms with Crippen LogP contribution in [0, 0.1) is 0 Å². The van der Waals surface area contributed by atoms with E-state index in [2.05, 4.69) is 47.8 Å². The molecule has 1 aromatic carbocycles. The van der Waals surface area contributed by atoms with E-state index in [9.17, 15) is 0 Å². The lowest BCUT2D eigenvalue weighted by Crippen LogP contribution is -2.35. The van der Waals surface area contributed by atoms with Gasteiger partial charge in [-0.1, -0.05) is 36.4 Å². The Balaban J connectivity index is 0.00000162. The zero-order valence-corrected chi connectivity index (χ0v) is 11.7. The fraction of sp³-hybridized carbons (Fsp3) is 0.333. The minimum Gasteiger partial charge on any atom is -0.497 e. The highest BCUT2D eigenvalue weighted by Crippen LogP contribution is 2.33. The number of nitrogens with one attached hydrogen (secondary N) is 1. The maximum Gasteiger partial charge on any atom is 0.119 e. The Morgan fingerprint density at radius 3 is 2.78 bits per heavy atom. The SMILES string of the molecule is CNCC1(c2cccc(OC)c2)C=CC=CC1.Cl. The molecule has 0 amide bonds. The number of hydrogen-bond acceptors (Lipinski definition) is 2. The molecule has 0 aromatic heterocycles. The van der Waals surface area contributed by atoms with Crippen LogP contribution in [-0.2, 0) is 5.41 Å². The van der Waals surface area contributed by atoms with Crippen LogP contribution < -0.4 is 10.1 Å². The molecular weight excluding hydrogens is 246 g/mol. The van der Waals surface area contributed by atoms with E-state index in [1.165, 1.54) is 5.56 Å². The van der Waals surface area contributed by atoms with Crippen molar-refractivity contribution < 1.29 is 4.74 Å². The van der Waals surface area contributed by atoms with Gasteiger partial charge in [-0.05, 0) is 31.2 Å². The Bertz CT molecular complexity index is 442. The largest absolute Gasteiger partial charge is 0.497 e. The molecule has 2 nitrogen and oxygen atoms in total. The monoisotopic (exact) mass is 265 g/mol. The highest BCUT2D eigenvalue weighted by Gasteiger charge is 2.28. The molecule has 3 heteroatoms. The lowest BCUT2D eigenvalue weighted by molar-refractivity contribution is 0.411. The van der Waals surface area contributed by atoms with Crippen LogP contribution in [0.15, 0.2) is 48.6 Å². The Morgan fingerprint density at radius 2 is 2.17 bits per heavy atom. The first-order chi connectivity index (χ1) is 8.30. The summed E-state index contributed by atoms with van der Waals surface area (Å²) in [5.74, 6) is 0.918. The Labute approximate surface area is 115 Å². The van der Waals surface area contributed by atoms with E-state index in [0.29, 0.717) is 0 Å². The molecule has 0 fully saturated rings. The van der Waals surface area contributed by atoms with Gasteiger partial charge in [-0.25, -0.2) is 0 Å². The van der Waals surface area contributed by atoms with Gasteiger partial charge in [0.25, 0.3) is 0 Å². The van der Waals surface area contributed by atoms with Crippen molar-refractivity contribution in [1.29, 1.82) is 0 Å². The van der Waals surface area contributed by atoms with E-state index in [0.717, 1.165) is 18.7 Å². The maximum absolute atomic E-state index is 5.31. The molecule has 1 aromatic rings. The zero-order chi connectivity index (χ0) is 12.1. The predicted molar refractivity (Wildman–Crippen MR) is 78.7 cm³/mol. The molecule has 0 saturated heterocycles. The highest BCUT2D eigenvalue weighted by molar-refractivity contribution is 5.85. The number of benzene rings is 1. The van der Waals surface area contributed by atoms with Crippen LogP contribution in [0.1, 0.15) is 12.0 Å². The summed E-state index contributed by atoms with van der Waals surface area (Å²) in [7, 11) is 3.70. The normalized spacial score (nSPS) is 21.4. The average Bonchev–Trinajstić information content (AvgIpc) is 2.40. The van der Waals surface area contributed by atoms with Gasteiger partial charge in [-0.3, -0.25) is 0 Å². The smallest absolute Gasteiger partial charge is 0.119 e. The van der Waals surface area contributed by atoms with Gasteiger partial charge in [-0.15, -0.1) is 12.4 Å². The Morgan fingerprint density at radius 1 is 1.33 bits per heavy atom. The molecule has 1 aliphatic rings. The van der Waals surface area contributed by atoms with E-state index >= 15 is 0 Å². The number of rotatable bonds is 4. The molecule has 1 atom stereocenters. The van der Waals surface area contributed by atoms with E-state index < -0.39 is 0 Å². The van der Waals surface area contributed by atoms with Gasteiger partial charge < -0.3 is 10.1 Å². The molecule has 2 rings (SSSR count). The molecule has 0 spiro atoms. The summed E-state index contributed by atoms with van der Waals surface area (Å²) >= 11 is 0. The Kier molecular flexibility index (Phi) is 5.45. The number of allylic oxidation sites excluding steroid dienone is 3. The van der Waals surface area contributed by atoms with Crippen molar-refractivity contribution in [3.8, 4) is 5.75 Å². The molecule has 1 unspecified atom stereocenters. The fourth-order valence-corrected chi connectivity index (χ4v) is 2.36. The third-order valence-corrected chi connectivity index (χ3v) is 3.28. The van der Waals surface area contributed by atoms with Crippen molar-refractivity contribution in [2.45, 2.75) is 11.8 Å². The van der Waals surface area contributed by atoms with Crippen molar-refractivity contribution in [2.75, 3.05) is 20.7 Å². The molecule has 1 aliphatic carbocycles. The zero-order valence-electron chi connectivity index (χ0n) is 10.8. The number of likely N-dealkylation sites (N-methyl/N-ethyl adjacent to an activating group) is 1. The highest BCUT2D eigenvalue weighted by atomic mass is 35.5. The first-order valence-corrected chi connectivity index (χ1v) is 5.94. The molecule has 0 saturated carbocycles. The second kappa shape index (κ2) is 6.62. The lowest BCUT2D eigenvalue weighted by atomic mass is 9.75. The van der Waals surface area contributed by atoms with Gasteiger partial charge >= 0.3 is 0 Å². The third-order valence-electron chi connectivity index (χ3n) is 3.28. The van der Waals surface area contributed by atoms with Crippen LogP contribution in [0.2, 0.25) is 0 Å². The van der Waals surface area contributed by atoms with Crippen LogP contribution >= 0.6 is 12.4 Å². The number of ether oxygens (including phenoxy) is 1. The second-order valence-corrected chi connectivity index (χ2v) is 4.41. The number of halogens is 1. The van der Waals surface area contributed by atoms with Crippen LogP contribution in [0.3, 0.4) is 0 Å². The summed E-state index contributed by atoms with van der Waals surface area (Å²) in [6.45, 7) is 0.932. The van der Waals surface area contributed by atoms with E-state index in [4.69, 9.17) is 4.74 Å². The summed E-state index contributed by atoms with van der Waals surface area (Å²) in [5, 5.41) is 3.29. The maximum atomic E-state index is 5.31. The summed E-state index contributed by atoms with van der Waals surface area (Å²) in [5.41, 5.74) is 1.35. The van der Waals surface area contributed by atoms with Gasteiger partial charge in [0.2, 0.25) is 0 Å². The van der Waals surface area contributed by atoms with Gasteiger partial charge in [0.05, 0.1) is 7.11 Å². The quantitative estimate of drug-likeness (QED) is 0.903. The van der Waals surface area contributed by atoms with Crippen molar-refractivity contribution in [3.63, 3.8) is 0 Å². The Hall–Kier alpha value is -1.25. The molecule has 0 heterocycles. The second-order valence-electron chi connectivity index (χ2n) is 4.41. The van der Waals surface area contributed by atoms with Crippen molar-refractivity contribution in [1.82, 2.24) is 5.32 Å². The molecule has 0 radical (unpaired) electrons. The molecule has 18 heavy (non-hydrogen) atoms. The summed E-state index contributed by atoms with van der Waals surface area (Å²) in [6.07, 6.45) is 9.75. The van der Waals surface area contributed by atoms with Gasteiger partial charge in [0.15, 0.2) is 0 Å². The van der Waals surface area contributed by atoms with Crippen LogP contribution in [0.5, 0.6) is 5.75 Å². The summed E-state index contributed by atoms with van der Waals surface area (Å²) < 4.78 is 5.31. The molecular formula is C15H20ClNO. The van der Waals surface area contributed by atoms with Crippen LogP contribution in [-0.4, -0.2) is 20.7 Å². The van der Waals surface area contributed by atoms with Gasteiger partial charge in [0, 0.05) is 12.0 Å². The first kappa shape index (κ1) is 14.8. The van der Waals surface area contributed by atoms with Crippen molar-refractivity contribution in [2.24, 2.45) is 0 Å². The summed E-state index contributed by atoms with van der Waals surface area (Å²) in [6, 6.07) is 8.33. The van der Waals surface area contributed by atoms with Crippen molar-refractivity contribution >= 4 is 12.4 Å². The minimum atomic E-state index is 0. The molecule has 1 N–H and O–H groups in total. The van der Waals surface area contributed by atoms with Crippen molar-refractivity contribution in [3.05, 3.63) is 54.1 Å². The topological polar surface area (TPSA) is 21.3 Å². The van der Waals surface area contributed by atoms with Gasteiger partial charge in [0.1, 0.15) is 5.75 Å². The molecule has 0 bridgehead atoms. The van der Waals surface area contributed by atoms with E-state index in [1.807, 2.05) is 13.1 Å². The summed E-state index contributed by atoms with van der Waals surface area (Å²) in [4.78, 5) is 0. The minimum absolute atomic E-state index is 0. The van der Waals surface area contributed by atoms with E-state index in [1.54, 1.807) is 7.11 Å². The molecule has 98 valence electrons. The fourth-order valence-electron chi connectivity index (χ4n) is 2.36. The number of hydrogen-bond donors (Lipinski definition) is 1. The van der Waals surface area contributed by atoms with Crippen LogP contribution in [0.25, 0.3) is 0 Å². The van der Waals surface area contributed by atoms with Crippen LogP contribution in [0.4, 0.5) is 0 Å². The molecule has 0 aliphatic heterocycles. The standard InChI is InChI=1S/C15H19NO.ClH/c1-16-12-15(9-4-3-5-10-15)13-7-6-8-14(11-13)17-2;/h3-9,11,16H,10,12H2,1-2H3;1H.